The third-order valence-corrected chi connectivity index (χ3v) is 5.96. The first-order chi connectivity index (χ1) is 12.3. The maximum atomic E-state index is 15.3. The van der Waals surface area contributed by atoms with Gasteiger partial charge < -0.3 is 18.8 Å². The van der Waals surface area contributed by atoms with Crippen LogP contribution in [0, 0.1) is 0 Å². The highest BCUT2D eigenvalue weighted by atomic mass is 19.1. The van der Waals surface area contributed by atoms with Crippen LogP contribution in [0.2, 0.25) is 0 Å². The number of amides is 1. The van der Waals surface area contributed by atoms with Gasteiger partial charge in [-0.2, -0.15) is 0 Å². The summed E-state index contributed by atoms with van der Waals surface area (Å²) in [6.45, 7) is 14.1. The standard InChI is InChI=1S/C19H31BFNO5/c1-16(2,3)25-15(23)22-11-13(10-19(22)8-9-24-12-19)14(21)20-26-17(4,5)18(6,7)27-20/h8-12H2,1-7H3. The molecule has 0 aromatic heterocycles. The van der Waals surface area contributed by atoms with Gasteiger partial charge in [0.15, 0.2) is 0 Å². The SMILES string of the molecule is CC(C)(C)OC(=O)N1CC(=C(F)B2OC(C)(C)C(C)(C)O2)CC12CCOC2. The molecule has 6 nitrogen and oxygen atoms in total. The fourth-order valence-corrected chi connectivity index (χ4v) is 3.70. The van der Waals surface area contributed by atoms with Crippen LogP contribution in [0.5, 0.6) is 0 Å². The molecule has 0 N–H and O–H groups in total. The Morgan fingerprint density at radius 1 is 1.19 bits per heavy atom. The lowest BCUT2D eigenvalue weighted by molar-refractivity contribution is 0.00578. The Labute approximate surface area is 161 Å². The predicted octanol–water partition coefficient (Wildman–Crippen LogP) is 3.64. The highest BCUT2D eigenvalue weighted by molar-refractivity contribution is 6.53. The normalized spacial score (nSPS) is 31.7. The van der Waals surface area contributed by atoms with Crippen molar-refractivity contribution in [2.45, 2.75) is 83.6 Å². The lowest BCUT2D eigenvalue weighted by atomic mass is 9.82. The molecular formula is C19H31BFNO5. The van der Waals surface area contributed by atoms with Gasteiger partial charge in [-0.25, -0.2) is 9.18 Å². The topological polar surface area (TPSA) is 57.2 Å². The van der Waals surface area contributed by atoms with Gasteiger partial charge >= 0.3 is 13.2 Å². The molecule has 1 atom stereocenters. The average Bonchev–Trinajstić information content (AvgIpc) is 3.16. The first kappa shape index (κ1) is 20.6. The Hall–Kier alpha value is -1.12. The monoisotopic (exact) mass is 383 g/mol. The first-order valence-electron chi connectivity index (χ1n) is 9.58. The lowest BCUT2D eigenvalue weighted by Crippen LogP contribution is -2.49. The number of rotatable bonds is 1. The number of halogens is 1. The summed E-state index contributed by atoms with van der Waals surface area (Å²) in [4.78, 5) is 14.4. The van der Waals surface area contributed by atoms with Crippen molar-refractivity contribution in [2.75, 3.05) is 19.8 Å². The summed E-state index contributed by atoms with van der Waals surface area (Å²) in [5.41, 5.74) is -2.33. The van der Waals surface area contributed by atoms with E-state index in [0.717, 1.165) is 0 Å². The molecule has 1 unspecified atom stereocenters. The van der Waals surface area contributed by atoms with Crippen LogP contribution in [0.15, 0.2) is 11.3 Å². The van der Waals surface area contributed by atoms with Crippen molar-refractivity contribution in [1.82, 2.24) is 4.90 Å². The van der Waals surface area contributed by atoms with E-state index in [0.29, 0.717) is 31.6 Å². The molecule has 3 aliphatic rings. The zero-order valence-corrected chi connectivity index (χ0v) is 17.5. The van der Waals surface area contributed by atoms with Gasteiger partial charge in [0.2, 0.25) is 0 Å². The first-order valence-corrected chi connectivity index (χ1v) is 9.58. The number of hydrogen-bond acceptors (Lipinski definition) is 5. The molecule has 152 valence electrons. The minimum Gasteiger partial charge on any atom is -0.444 e. The summed E-state index contributed by atoms with van der Waals surface area (Å²) in [6.07, 6.45) is 0.624. The van der Waals surface area contributed by atoms with Gasteiger partial charge in [-0.15, -0.1) is 0 Å². The van der Waals surface area contributed by atoms with Crippen LogP contribution in [-0.4, -0.2) is 60.2 Å². The zero-order valence-electron chi connectivity index (χ0n) is 17.5. The van der Waals surface area contributed by atoms with Gasteiger partial charge in [-0.05, 0) is 66.9 Å². The predicted molar refractivity (Wildman–Crippen MR) is 99.9 cm³/mol. The summed E-state index contributed by atoms with van der Waals surface area (Å²) < 4.78 is 38.1. The maximum absolute atomic E-state index is 15.3. The number of carbonyl (C=O) groups excluding carboxylic acids is 1. The van der Waals surface area contributed by atoms with Gasteiger partial charge in [0.05, 0.1) is 23.3 Å². The molecule has 3 heterocycles. The molecule has 1 spiro atoms. The van der Waals surface area contributed by atoms with Gasteiger partial charge in [0.25, 0.3) is 0 Å². The van der Waals surface area contributed by atoms with Crippen molar-refractivity contribution in [1.29, 1.82) is 0 Å². The Bertz CT molecular complexity index is 633. The van der Waals surface area contributed by atoms with Gasteiger partial charge in [-0.3, -0.25) is 4.90 Å². The van der Waals surface area contributed by atoms with Crippen molar-refractivity contribution in [3.05, 3.63) is 11.3 Å². The molecule has 3 rings (SSSR count). The van der Waals surface area contributed by atoms with E-state index in [9.17, 15) is 4.79 Å². The maximum Gasteiger partial charge on any atom is 0.525 e. The van der Waals surface area contributed by atoms with E-state index in [2.05, 4.69) is 0 Å². The fourth-order valence-electron chi connectivity index (χ4n) is 3.70. The number of carbonyl (C=O) groups is 1. The molecule has 8 heteroatoms. The summed E-state index contributed by atoms with van der Waals surface area (Å²) in [5.74, 6) is 0. The molecule has 0 bridgehead atoms. The molecule has 0 aromatic rings. The molecular weight excluding hydrogens is 352 g/mol. The second kappa shape index (κ2) is 6.46. The molecule has 27 heavy (non-hydrogen) atoms. The summed E-state index contributed by atoms with van der Waals surface area (Å²) in [6, 6.07) is 0. The van der Waals surface area contributed by atoms with E-state index in [1.165, 1.54) is 0 Å². The number of ether oxygens (including phenoxy) is 2. The second-order valence-electron chi connectivity index (χ2n) is 9.81. The van der Waals surface area contributed by atoms with Crippen LogP contribution in [0.25, 0.3) is 0 Å². The van der Waals surface area contributed by atoms with E-state index >= 15 is 4.39 Å². The molecule has 0 aromatic carbocycles. The van der Waals surface area contributed by atoms with Crippen LogP contribution in [0.1, 0.15) is 61.3 Å². The Balaban J connectivity index is 1.86. The summed E-state index contributed by atoms with van der Waals surface area (Å²) in [7, 11) is -1.05. The summed E-state index contributed by atoms with van der Waals surface area (Å²) >= 11 is 0. The lowest BCUT2D eigenvalue weighted by Gasteiger charge is -2.34. The van der Waals surface area contributed by atoms with Gasteiger partial charge in [0, 0.05) is 13.2 Å². The highest BCUT2D eigenvalue weighted by Crippen LogP contribution is 2.44. The molecule has 3 aliphatic heterocycles. The molecule has 0 radical (unpaired) electrons. The third-order valence-electron chi connectivity index (χ3n) is 5.96. The van der Waals surface area contributed by atoms with Crippen molar-refractivity contribution in [3.8, 4) is 0 Å². The van der Waals surface area contributed by atoms with E-state index in [4.69, 9.17) is 18.8 Å². The average molecular weight is 383 g/mol. The molecule has 0 saturated carbocycles. The van der Waals surface area contributed by atoms with Crippen molar-refractivity contribution in [2.24, 2.45) is 0 Å². The third kappa shape index (κ3) is 3.76. The smallest absolute Gasteiger partial charge is 0.444 e. The number of hydrogen-bond donors (Lipinski definition) is 0. The van der Waals surface area contributed by atoms with Crippen molar-refractivity contribution in [3.63, 3.8) is 0 Å². The largest absolute Gasteiger partial charge is 0.525 e. The Morgan fingerprint density at radius 2 is 1.78 bits per heavy atom. The van der Waals surface area contributed by atoms with Crippen molar-refractivity contribution < 1.29 is 28.0 Å². The molecule has 1 amide bonds. The Kier molecular flexibility index (Phi) is 4.93. The minimum absolute atomic E-state index is 0.161. The van der Waals surface area contributed by atoms with Crippen LogP contribution in [0.4, 0.5) is 9.18 Å². The van der Waals surface area contributed by atoms with Gasteiger partial charge in [-0.1, -0.05) is 0 Å². The minimum atomic E-state index is -1.05. The fraction of sp³-hybridized carbons (Fsp3) is 0.842. The molecule has 3 saturated heterocycles. The number of likely N-dealkylation sites (tertiary alicyclic amines) is 1. The van der Waals surface area contributed by atoms with E-state index in [1.54, 1.807) is 4.90 Å². The second-order valence-corrected chi connectivity index (χ2v) is 9.81. The highest BCUT2D eigenvalue weighted by Gasteiger charge is 2.56. The molecule has 0 aliphatic carbocycles. The summed E-state index contributed by atoms with van der Waals surface area (Å²) in [5, 5.41) is 0. The molecule has 3 fully saturated rings. The van der Waals surface area contributed by atoms with Crippen LogP contribution in [0.3, 0.4) is 0 Å². The van der Waals surface area contributed by atoms with Crippen LogP contribution in [-0.2, 0) is 18.8 Å². The van der Waals surface area contributed by atoms with Crippen LogP contribution >= 0.6 is 0 Å². The Morgan fingerprint density at radius 3 is 2.26 bits per heavy atom. The number of nitrogens with zero attached hydrogens (tertiary/aromatic N) is 1. The van der Waals surface area contributed by atoms with E-state index < -0.39 is 41.3 Å². The van der Waals surface area contributed by atoms with E-state index in [-0.39, 0.29) is 6.54 Å². The van der Waals surface area contributed by atoms with Gasteiger partial charge in [0.1, 0.15) is 11.3 Å². The zero-order chi connectivity index (χ0) is 20.3. The van der Waals surface area contributed by atoms with Crippen LogP contribution < -0.4 is 0 Å². The quantitative estimate of drug-likeness (QED) is 0.647. The van der Waals surface area contributed by atoms with E-state index in [1.807, 2.05) is 48.5 Å². The van der Waals surface area contributed by atoms with Crippen molar-refractivity contribution >= 4 is 13.2 Å².